The van der Waals surface area contributed by atoms with Crippen molar-refractivity contribution >= 4 is 17.6 Å². The van der Waals surface area contributed by atoms with E-state index in [1.54, 1.807) is 12.1 Å². The number of nitrogens with one attached hydrogen (secondary N) is 1. The molecule has 3 rings (SSSR count). The molecule has 1 heterocycles. The van der Waals surface area contributed by atoms with Gasteiger partial charge >= 0.3 is 5.97 Å². The lowest BCUT2D eigenvalue weighted by molar-refractivity contribution is -0.123. The number of ether oxygens (including phenoxy) is 1. The number of amides is 1. The number of rotatable bonds is 6. The highest BCUT2D eigenvalue weighted by Crippen LogP contribution is 2.23. The van der Waals surface area contributed by atoms with Crippen molar-refractivity contribution in [3.8, 4) is 0 Å². The highest BCUT2D eigenvalue weighted by molar-refractivity contribution is 5.89. The van der Waals surface area contributed by atoms with Gasteiger partial charge in [0.05, 0.1) is 19.2 Å². The molecule has 2 fully saturated rings. The summed E-state index contributed by atoms with van der Waals surface area (Å²) in [6.07, 6.45) is 6.46. The summed E-state index contributed by atoms with van der Waals surface area (Å²) in [7, 11) is 1.39. The number of nitrogens with zero attached hydrogens (tertiary/aromatic N) is 2. The summed E-state index contributed by atoms with van der Waals surface area (Å²) in [4.78, 5) is 28.5. The lowest BCUT2D eigenvalue weighted by Gasteiger charge is -2.40. The van der Waals surface area contributed by atoms with E-state index >= 15 is 0 Å². The van der Waals surface area contributed by atoms with E-state index < -0.39 is 0 Å². The molecule has 1 aromatic carbocycles. The van der Waals surface area contributed by atoms with Gasteiger partial charge in [0, 0.05) is 37.9 Å². The molecule has 2 aliphatic rings. The zero-order valence-electron chi connectivity index (χ0n) is 17.2. The van der Waals surface area contributed by atoms with E-state index in [1.807, 2.05) is 12.1 Å². The average Bonchev–Trinajstić information content (AvgIpc) is 2.74. The maximum atomic E-state index is 12.4. The molecule has 1 N–H and O–H groups in total. The van der Waals surface area contributed by atoms with E-state index in [0.717, 1.165) is 31.9 Å². The van der Waals surface area contributed by atoms with Crippen LogP contribution in [0.5, 0.6) is 0 Å². The van der Waals surface area contributed by atoms with Gasteiger partial charge in [-0.1, -0.05) is 19.3 Å². The van der Waals surface area contributed by atoms with Crippen molar-refractivity contribution in [3.05, 3.63) is 29.8 Å². The molecule has 1 aliphatic carbocycles. The number of carbonyl (C=O) groups excluding carboxylic acids is 2. The van der Waals surface area contributed by atoms with Crippen LogP contribution in [0.2, 0.25) is 0 Å². The molecule has 1 unspecified atom stereocenters. The van der Waals surface area contributed by atoms with Crippen molar-refractivity contribution in [2.45, 2.75) is 45.1 Å². The minimum atomic E-state index is -0.316. The van der Waals surface area contributed by atoms with Crippen molar-refractivity contribution in [3.63, 3.8) is 0 Å². The van der Waals surface area contributed by atoms with E-state index in [-0.39, 0.29) is 11.9 Å². The van der Waals surface area contributed by atoms with Gasteiger partial charge in [-0.15, -0.1) is 0 Å². The van der Waals surface area contributed by atoms with Crippen LogP contribution in [0.3, 0.4) is 0 Å². The summed E-state index contributed by atoms with van der Waals surface area (Å²) in [5.41, 5.74) is 1.66. The Labute approximate surface area is 168 Å². The third-order valence-electron chi connectivity index (χ3n) is 6.08. The van der Waals surface area contributed by atoms with Gasteiger partial charge in [0.15, 0.2) is 0 Å². The third kappa shape index (κ3) is 5.47. The second-order valence-corrected chi connectivity index (χ2v) is 8.11. The normalized spacial score (nSPS) is 21.4. The smallest absolute Gasteiger partial charge is 0.337 e. The molecule has 0 aromatic heterocycles. The molecule has 1 atom stereocenters. The summed E-state index contributed by atoms with van der Waals surface area (Å²) in [6, 6.07) is 7.83. The average molecular weight is 388 g/mol. The number of anilines is 1. The maximum Gasteiger partial charge on any atom is 0.337 e. The molecule has 6 nitrogen and oxygen atoms in total. The van der Waals surface area contributed by atoms with E-state index in [4.69, 9.17) is 4.74 Å². The Kier molecular flexibility index (Phi) is 7.31. The largest absolute Gasteiger partial charge is 0.465 e. The molecule has 0 spiro atoms. The Balaban J connectivity index is 1.45. The van der Waals surface area contributed by atoms with Crippen molar-refractivity contribution < 1.29 is 14.3 Å². The summed E-state index contributed by atoms with van der Waals surface area (Å²) < 4.78 is 4.75. The van der Waals surface area contributed by atoms with Crippen molar-refractivity contribution in [1.82, 2.24) is 10.2 Å². The highest BCUT2D eigenvalue weighted by atomic mass is 16.5. The monoisotopic (exact) mass is 387 g/mol. The Morgan fingerprint density at radius 1 is 1.11 bits per heavy atom. The first-order valence-electron chi connectivity index (χ1n) is 10.5. The molecular formula is C22H33N3O3. The molecule has 154 valence electrons. The van der Waals surface area contributed by atoms with Crippen LogP contribution in [-0.4, -0.2) is 62.7 Å². The minimum Gasteiger partial charge on any atom is -0.465 e. The lowest BCUT2D eigenvalue weighted by atomic mass is 9.89. The van der Waals surface area contributed by atoms with Crippen LogP contribution in [0.15, 0.2) is 24.3 Å². The van der Waals surface area contributed by atoms with Crippen molar-refractivity contribution in [1.29, 1.82) is 0 Å². The van der Waals surface area contributed by atoms with Gasteiger partial charge in [0.2, 0.25) is 5.91 Å². The minimum absolute atomic E-state index is 0.147. The first-order chi connectivity index (χ1) is 13.6. The van der Waals surface area contributed by atoms with E-state index in [9.17, 15) is 9.59 Å². The summed E-state index contributed by atoms with van der Waals surface area (Å²) in [5.74, 6) is 0.497. The van der Waals surface area contributed by atoms with Crippen LogP contribution in [0, 0.1) is 5.92 Å². The van der Waals surface area contributed by atoms with Crippen LogP contribution < -0.4 is 10.2 Å². The van der Waals surface area contributed by atoms with Crippen LogP contribution in [0.1, 0.15) is 49.4 Å². The molecule has 0 bridgehead atoms. The Morgan fingerprint density at radius 3 is 2.46 bits per heavy atom. The first kappa shape index (κ1) is 20.6. The number of hydrogen-bond donors (Lipinski definition) is 1. The fourth-order valence-electron chi connectivity index (χ4n) is 4.28. The summed E-state index contributed by atoms with van der Waals surface area (Å²) in [6.45, 7) is 6.08. The van der Waals surface area contributed by atoms with Crippen LogP contribution in [-0.2, 0) is 9.53 Å². The molecule has 1 saturated heterocycles. The fraction of sp³-hybridized carbons (Fsp3) is 0.636. The number of benzene rings is 1. The highest BCUT2D eigenvalue weighted by Gasteiger charge is 2.26. The quantitative estimate of drug-likeness (QED) is 0.761. The fourth-order valence-corrected chi connectivity index (χ4v) is 4.28. The predicted octanol–water partition coefficient (Wildman–Crippen LogP) is 2.68. The molecule has 0 radical (unpaired) electrons. The molecule has 28 heavy (non-hydrogen) atoms. The second-order valence-electron chi connectivity index (χ2n) is 8.11. The van der Waals surface area contributed by atoms with Gasteiger partial charge in [-0.25, -0.2) is 4.79 Å². The van der Waals surface area contributed by atoms with Gasteiger partial charge < -0.3 is 15.0 Å². The maximum absolute atomic E-state index is 12.4. The van der Waals surface area contributed by atoms with E-state index in [0.29, 0.717) is 24.1 Å². The second kappa shape index (κ2) is 9.92. The van der Waals surface area contributed by atoms with Crippen LogP contribution in [0.25, 0.3) is 0 Å². The zero-order valence-corrected chi connectivity index (χ0v) is 17.2. The van der Waals surface area contributed by atoms with Crippen LogP contribution >= 0.6 is 0 Å². The number of piperazine rings is 1. The molecule has 1 aliphatic heterocycles. The lowest BCUT2D eigenvalue weighted by Crippen LogP contribution is -2.54. The first-order valence-corrected chi connectivity index (χ1v) is 10.5. The predicted molar refractivity (Wildman–Crippen MR) is 111 cm³/mol. The SMILES string of the molecule is COC(=O)c1ccc(N2CCN(CC(=O)NCC3CCCCC3)C(C)C2)cc1. The van der Waals surface area contributed by atoms with Gasteiger partial charge in [0.1, 0.15) is 0 Å². The Bertz CT molecular complexity index is 655. The number of methoxy groups -OCH3 is 1. The number of hydrogen-bond acceptors (Lipinski definition) is 5. The van der Waals surface area contributed by atoms with E-state index in [2.05, 4.69) is 22.0 Å². The van der Waals surface area contributed by atoms with Crippen molar-refractivity contribution in [2.75, 3.05) is 44.7 Å². The van der Waals surface area contributed by atoms with Crippen molar-refractivity contribution in [2.24, 2.45) is 5.92 Å². The summed E-state index contributed by atoms with van der Waals surface area (Å²) in [5, 5.41) is 3.15. The van der Waals surface area contributed by atoms with Crippen LogP contribution in [0.4, 0.5) is 5.69 Å². The molecule has 1 amide bonds. The number of carbonyl (C=O) groups is 2. The molecule has 1 aromatic rings. The molecule has 6 heteroatoms. The van der Waals surface area contributed by atoms with Gasteiger partial charge in [0.25, 0.3) is 0 Å². The van der Waals surface area contributed by atoms with Gasteiger partial charge in [-0.05, 0) is 49.9 Å². The van der Waals surface area contributed by atoms with Gasteiger partial charge in [-0.3, -0.25) is 9.69 Å². The van der Waals surface area contributed by atoms with Gasteiger partial charge in [-0.2, -0.15) is 0 Å². The topological polar surface area (TPSA) is 61.9 Å². The van der Waals surface area contributed by atoms with E-state index in [1.165, 1.54) is 39.2 Å². The zero-order chi connectivity index (χ0) is 19.9. The number of esters is 1. The third-order valence-corrected chi connectivity index (χ3v) is 6.08. The molecule has 1 saturated carbocycles. The Morgan fingerprint density at radius 2 is 1.82 bits per heavy atom. The molecular weight excluding hydrogens is 354 g/mol. The Hall–Kier alpha value is -2.08. The summed E-state index contributed by atoms with van der Waals surface area (Å²) >= 11 is 0. The standard InChI is InChI=1S/C22H33N3O3/c1-17-15-25(20-10-8-19(9-11-20)22(27)28-2)13-12-24(17)16-21(26)23-14-18-6-4-3-5-7-18/h8-11,17-18H,3-7,12-16H2,1-2H3,(H,23,26).